The number of carboxylic acid groups (broad SMARTS) is 1. The van der Waals surface area contributed by atoms with Gasteiger partial charge in [-0.15, -0.1) is 0 Å². The molecule has 88 valence electrons. The molecule has 1 atom stereocenters. The normalized spacial score (nSPS) is 11.9. The average Bonchev–Trinajstić information content (AvgIpc) is 2.28. The molecule has 1 aromatic carbocycles. The van der Waals surface area contributed by atoms with Crippen LogP contribution in [-0.2, 0) is 4.79 Å². The quantitative estimate of drug-likeness (QED) is 0.829. The molecular formula is C12H17NO3. The van der Waals surface area contributed by atoms with Gasteiger partial charge in [0.2, 0.25) is 0 Å². The van der Waals surface area contributed by atoms with Gasteiger partial charge in [0.15, 0.2) is 0 Å². The predicted octanol–water partition coefficient (Wildman–Crippen LogP) is 1.99. The van der Waals surface area contributed by atoms with Crippen molar-refractivity contribution in [1.29, 1.82) is 0 Å². The van der Waals surface area contributed by atoms with E-state index in [2.05, 4.69) is 0 Å². The largest absolute Gasteiger partial charge is 0.494 e. The second kappa shape index (κ2) is 5.39. The Bertz CT molecular complexity index is 348. The second-order valence-corrected chi connectivity index (χ2v) is 3.55. The maximum absolute atomic E-state index is 10.8. The third-order valence-corrected chi connectivity index (χ3v) is 2.49. The molecule has 0 radical (unpaired) electrons. The first-order valence-electron chi connectivity index (χ1n) is 5.24. The molecule has 0 unspecified atom stereocenters. The van der Waals surface area contributed by atoms with Crippen LogP contribution in [0.5, 0.6) is 5.75 Å². The minimum atomic E-state index is -0.837. The van der Waals surface area contributed by atoms with Gasteiger partial charge in [0, 0.05) is 12.7 Å². The molecule has 0 bridgehead atoms. The van der Waals surface area contributed by atoms with Gasteiger partial charge in [0.05, 0.1) is 6.61 Å². The monoisotopic (exact) mass is 223 g/mol. The van der Waals surface area contributed by atoms with Crippen molar-refractivity contribution >= 4 is 11.7 Å². The summed E-state index contributed by atoms with van der Waals surface area (Å²) in [4.78, 5) is 12.5. The van der Waals surface area contributed by atoms with Crippen LogP contribution in [0.1, 0.15) is 13.8 Å². The molecule has 1 N–H and O–H groups in total. The third-order valence-electron chi connectivity index (χ3n) is 2.49. The van der Waals surface area contributed by atoms with Crippen molar-refractivity contribution in [2.24, 2.45) is 0 Å². The summed E-state index contributed by atoms with van der Waals surface area (Å²) in [6, 6.07) is 6.83. The highest BCUT2D eigenvalue weighted by Gasteiger charge is 2.16. The fourth-order valence-electron chi connectivity index (χ4n) is 1.33. The molecule has 0 aliphatic rings. The van der Waals surface area contributed by atoms with Crippen LogP contribution in [0.2, 0.25) is 0 Å². The summed E-state index contributed by atoms with van der Waals surface area (Å²) in [6.07, 6.45) is 0. The lowest BCUT2D eigenvalue weighted by Crippen LogP contribution is -2.35. The van der Waals surface area contributed by atoms with E-state index in [0.29, 0.717) is 6.61 Å². The third kappa shape index (κ3) is 2.89. The summed E-state index contributed by atoms with van der Waals surface area (Å²) >= 11 is 0. The van der Waals surface area contributed by atoms with Crippen LogP contribution in [0.4, 0.5) is 5.69 Å². The zero-order valence-corrected chi connectivity index (χ0v) is 9.80. The molecule has 0 aliphatic carbocycles. The molecule has 0 aliphatic heterocycles. The molecule has 0 aromatic heterocycles. The molecule has 1 rings (SSSR count). The van der Waals surface area contributed by atoms with Gasteiger partial charge >= 0.3 is 5.97 Å². The number of anilines is 1. The Kier molecular flexibility index (Phi) is 4.17. The van der Waals surface area contributed by atoms with Crippen molar-refractivity contribution in [3.63, 3.8) is 0 Å². The lowest BCUT2D eigenvalue weighted by Gasteiger charge is -2.23. The first-order chi connectivity index (χ1) is 7.56. The van der Waals surface area contributed by atoms with Gasteiger partial charge in [-0.05, 0) is 38.1 Å². The molecule has 0 spiro atoms. The Morgan fingerprint density at radius 2 is 2.00 bits per heavy atom. The average molecular weight is 223 g/mol. The molecule has 4 nitrogen and oxygen atoms in total. The maximum Gasteiger partial charge on any atom is 0.326 e. The number of nitrogens with zero attached hydrogens (tertiary/aromatic N) is 1. The van der Waals surface area contributed by atoms with Crippen molar-refractivity contribution in [3.8, 4) is 5.75 Å². The minimum absolute atomic E-state index is 0.544. The smallest absolute Gasteiger partial charge is 0.326 e. The predicted molar refractivity (Wildman–Crippen MR) is 63.1 cm³/mol. The molecule has 0 heterocycles. The first-order valence-corrected chi connectivity index (χ1v) is 5.24. The minimum Gasteiger partial charge on any atom is -0.494 e. The van der Waals surface area contributed by atoms with E-state index in [-0.39, 0.29) is 0 Å². The van der Waals surface area contributed by atoms with E-state index >= 15 is 0 Å². The highest BCUT2D eigenvalue weighted by molar-refractivity contribution is 5.77. The van der Waals surface area contributed by atoms with Crippen molar-refractivity contribution < 1.29 is 14.6 Å². The van der Waals surface area contributed by atoms with Gasteiger partial charge in [-0.25, -0.2) is 4.79 Å². The Morgan fingerprint density at radius 1 is 1.44 bits per heavy atom. The number of benzene rings is 1. The van der Waals surface area contributed by atoms with Crippen LogP contribution in [0.25, 0.3) is 0 Å². The van der Waals surface area contributed by atoms with Crippen molar-refractivity contribution in [3.05, 3.63) is 24.3 Å². The van der Waals surface area contributed by atoms with Crippen molar-refractivity contribution in [2.75, 3.05) is 18.6 Å². The summed E-state index contributed by atoms with van der Waals surface area (Å²) in [5.41, 5.74) is 0.860. The summed E-state index contributed by atoms with van der Waals surface area (Å²) in [6.45, 7) is 4.20. The summed E-state index contributed by atoms with van der Waals surface area (Å²) < 4.78 is 5.31. The Morgan fingerprint density at radius 3 is 2.44 bits per heavy atom. The number of aliphatic carboxylic acids is 1. The Hall–Kier alpha value is -1.71. The van der Waals surface area contributed by atoms with E-state index in [1.807, 2.05) is 31.2 Å². The van der Waals surface area contributed by atoms with Crippen LogP contribution < -0.4 is 9.64 Å². The molecule has 16 heavy (non-hydrogen) atoms. The van der Waals surface area contributed by atoms with Crippen LogP contribution in [0.15, 0.2) is 24.3 Å². The summed E-state index contributed by atoms with van der Waals surface area (Å²) in [7, 11) is 1.76. The topological polar surface area (TPSA) is 49.8 Å². The number of hydrogen-bond donors (Lipinski definition) is 1. The fraction of sp³-hybridized carbons (Fsp3) is 0.417. The number of hydrogen-bond acceptors (Lipinski definition) is 3. The number of carbonyl (C=O) groups is 1. The van der Waals surface area contributed by atoms with E-state index in [4.69, 9.17) is 9.84 Å². The van der Waals surface area contributed by atoms with Crippen LogP contribution >= 0.6 is 0 Å². The van der Waals surface area contributed by atoms with Gasteiger partial charge in [0.1, 0.15) is 11.8 Å². The molecule has 1 aromatic rings. The van der Waals surface area contributed by atoms with E-state index in [0.717, 1.165) is 11.4 Å². The highest BCUT2D eigenvalue weighted by Crippen LogP contribution is 2.20. The van der Waals surface area contributed by atoms with Crippen LogP contribution in [-0.4, -0.2) is 30.8 Å². The van der Waals surface area contributed by atoms with Gasteiger partial charge in [-0.1, -0.05) is 0 Å². The van der Waals surface area contributed by atoms with Gasteiger partial charge < -0.3 is 14.7 Å². The molecule has 4 heteroatoms. The van der Waals surface area contributed by atoms with Gasteiger partial charge in [0.25, 0.3) is 0 Å². The Labute approximate surface area is 95.5 Å². The summed E-state index contributed by atoms with van der Waals surface area (Å²) in [5.74, 6) is -0.0426. The maximum atomic E-state index is 10.8. The molecular weight excluding hydrogens is 206 g/mol. The highest BCUT2D eigenvalue weighted by atomic mass is 16.5. The molecule has 0 saturated heterocycles. The number of carboxylic acids is 1. The first kappa shape index (κ1) is 12.4. The number of likely N-dealkylation sites (N-methyl/N-ethyl adjacent to an activating group) is 1. The van der Waals surface area contributed by atoms with E-state index < -0.39 is 12.0 Å². The van der Waals surface area contributed by atoms with Gasteiger partial charge in [-0.3, -0.25) is 0 Å². The molecule has 0 saturated carbocycles. The summed E-state index contributed by atoms with van der Waals surface area (Å²) in [5, 5.41) is 8.89. The van der Waals surface area contributed by atoms with E-state index in [9.17, 15) is 4.79 Å². The van der Waals surface area contributed by atoms with Gasteiger partial charge in [-0.2, -0.15) is 0 Å². The SMILES string of the molecule is CCOc1ccc(N(C)[C@H](C)C(=O)O)cc1. The molecule has 0 amide bonds. The van der Waals surface area contributed by atoms with Crippen LogP contribution in [0.3, 0.4) is 0 Å². The number of ether oxygens (including phenoxy) is 1. The fourth-order valence-corrected chi connectivity index (χ4v) is 1.33. The zero-order valence-electron chi connectivity index (χ0n) is 9.80. The van der Waals surface area contributed by atoms with Crippen LogP contribution in [0, 0.1) is 0 Å². The lowest BCUT2D eigenvalue weighted by atomic mass is 10.2. The second-order valence-electron chi connectivity index (χ2n) is 3.55. The molecule has 0 fully saturated rings. The van der Waals surface area contributed by atoms with E-state index in [1.165, 1.54) is 0 Å². The number of rotatable bonds is 5. The Balaban J connectivity index is 2.77. The van der Waals surface area contributed by atoms with Crippen molar-refractivity contribution in [2.45, 2.75) is 19.9 Å². The van der Waals surface area contributed by atoms with E-state index in [1.54, 1.807) is 18.9 Å². The van der Waals surface area contributed by atoms with Crippen molar-refractivity contribution in [1.82, 2.24) is 0 Å². The standard InChI is InChI=1S/C12H17NO3/c1-4-16-11-7-5-10(6-8-11)13(3)9(2)12(14)15/h5-9H,4H2,1-3H3,(H,14,15)/t9-/m1/s1. The zero-order chi connectivity index (χ0) is 12.1. The lowest BCUT2D eigenvalue weighted by molar-refractivity contribution is -0.138.